The van der Waals surface area contributed by atoms with Gasteiger partial charge in [-0.3, -0.25) is 9.59 Å². The summed E-state index contributed by atoms with van der Waals surface area (Å²) in [6.45, 7) is 7.09. The van der Waals surface area contributed by atoms with E-state index in [0.717, 1.165) is 16.9 Å². The number of hydrogen-bond donors (Lipinski definition) is 0. The van der Waals surface area contributed by atoms with Crippen molar-refractivity contribution in [2.75, 3.05) is 51.3 Å². The Labute approximate surface area is 202 Å². The Balaban J connectivity index is 1.23. The van der Waals surface area contributed by atoms with Crippen LogP contribution in [0, 0.1) is 17.2 Å². The molecule has 10 heteroatoms. The highest BCUT2D eigenvalue weighted by atomic mass is 16.5. The molecule has 3 aromatic rings. The van der Waals surface area contributed by atoms with Gasteiger partial charge in [0.25, 0.3) is 0 Å². The van der Waals surface area contributed by atoms with Gasteiger partial charge in [-0.25, -0.2) is 9.50 Å². The number of rotatable bonds is 5. The van der Waals surface area contributed by atoms with Gasteiger partial charge >= 0.3 is 0 Å². The number of ether oxygens (including phenoxy) is 1. The minimum Gasteiger partial charge on any atom is -0.494 e. The molecular formula is C25H25N7O3. The standard InChI is InChI=1S/C25H25N7O3/c1-3-23(33)31-14-20(15-31)25(34)30-8-6-29(7-9-30)22-5-4-17(12-27-22)18-10-21(35-2)24-19(11-26)13-28-32(24)16-18/h3-5,10,12-13,16,20H,1,6-9,14-15H2,2H3. The van der Waals surface area contributed by atoms with E-state index in [1.807, 2.05) is 35.5 Å². The lowest BCUT2D eigenvalue weighted by atomic mass is 9.98. The highest BCUT2D eigenvalue weighted by Crippen LogP contribution is 2.30. The van der Waals surface area contributed by atoms with E-state index in [1.165, 1.54) is 12.3 Å². The molecule has 2 aliphatic rings. The predicted molar refractivity (Wildman–Crippen MR) is 129 cm³/mol. The molecule has 2 saturated heterocycles. The maximum Gasteiger partial charge on any atom is 0.246 e. The molecule has 10 nitrogen and oxygen atoms in total. The third-order valence-electron chi connectivity index (χ3n) is 6.63. The molecule has 0 unspecified atom stereocenters. The van der Waals surface area contributed by atoms with Crippen LogP contribution in [0.4, 0.5) is 5.82 Å². The number of fused-ring (bicyclic) bond motifs is 1. The van der Waals surface area contributed by atoms with Gasteiger partial charge in [0.1, 0.15) is 28.7 Å². The molecule has 0 aliphatic carbocycles. The van der Waals surface area contributed by atoms with Crippen LogP contribution in [-0.4, -0.2) is 82.6 Å². The Bertz CT molecular complexity index is 1330. The molecular weight excluding hydrogens is 446 g/mol. The number of pyridine rings is 2. The summed E-state index contributed by atoms with van der Waals surface area (Å²) in [6.07, 6.45) is 6.47. The quantitative estimate of drug-likeness (QED) is 0.520. The summed E-state index contributed by atoms with van der Waals surface area (Å²) in [5.74, 6) is 1.30. The van der Waals surface area contributed by atoms with E-state index in [9.17, 15) is 14.9 Å². The number of nitrogens with zero attached hydrogens (tertiary/aromatic N) is 7. The Kier molecular flexibility index (Phi) is 5.82. The van der Waals surface area contributed by atoms with Gasteiger partial charge in [-0.1, -0.05) is 6.58 Å². The molecule has 2 fully saturated rings. The molecule has 35 heavy (non-hydrogen) atoms. The lowest BCUT2D eigenvalue weighted by Gasteiger charge is -2.42. The lowest BCUT2D eigenvalue weighted by Crippen LogP contribution is -2.59. The van der Waals surface area contributed by atoms with Crippen molar-refractivity contribution in [3.05, 3.63) is 55.0 Å². The summed E-state index contributed by atoms with van der Waals surface area (Å²) in [5.41, 5.74) is 2.87. The lowest BCUT2D eigenvalue weighted by molar-refractivity contribution is -0.146. The molecule has 178 valence electrons. The van der Waals surface area contributed by atoms with E-state index in [1.54, 1.807) is 16.5 Å². The molecule has 0 atom stereocenters. The van der Waals surface area contributed by atoms with Gasteiger partial charge in [0.2, 0.25) is 11.8 Å². The van der Waals surface area contributed by atoms with Gasteiger partial charge in [0.05, 0.1) is 19.2 Å². The van der Waals surface area contributed by atoms with Crippen molar-refractivity contribution >= 4 is 23.1 Å². The van der Waals surface area contributed by atoms with Crippen LogP contribution in [0.15, 0.2) is 49.4 Å². The number of piperazine rings is 1. The number of hydrogen-bond acceptors (Lipinski definition) is 7. The number of anilines is 1. The Morgan fingerprint density at radius 1 is 1.14 bits per heavy atom. The van der Waals surface area contributed by atoms with E-state index >= 15 is 0 Å². The summed E-state index contributed by atoms with van der Waals surface area (Å²) in [5, 5.41) is 13.6. The van der Waals surface area contributed by atoms with Crippen LogP contribution in [0.25, 0.3) is 16.6 Å². The van der Waals surface area contributed by atoms with Crippen LogP contribution in [0.3, 0.4) is 0 Å². The summed E-state index contributed by atoms with van der Waals surface area (Å²) >= 11 is 0. The van der Waals surface area contributed by atoms with Crippen molar-refractivity contribution in [2.24, 2.45) is 5.92 Å². The highest BCUT2D eigenvalue weighted by Gasteiger charge is 2.37. The van der Waals surface area contributed by atoms with Crippen LogP contribution in [0.1, 0.15) is 5.56 Å². The normalized spacial score (nSPS) is 16.1. The molecule has 0 bridgehead atoms. The fraction of sp³-hybridized carbons (Fsp3) is 0.320. The average Bonchev–Trinajstić information content (AvgIpc) is 3.30. The van der Waals surface area contributed by atoms with Crippen molar-refractivity contribution < 1.29 is 14.3 Å². The number of amides is 2. The molecule has 3 aromatic heterocycles. The number of likely N-dealkylation sites (tertiary alicyclic amines) is 1. The average molecular weight is 472 g/mol. The number of nitriles is 1. The number of carbonyl (C=O) groups is 2. The van der Waals surface area contributed by atoms with Crippen molar-refractivity contribution in [2.45, 2.75) is 0 Å². The van der Waals surface area contributed by atoms with E-state index in [2.05, 4.69) is 27.6 Å². The van der Waals surface area contributed by atoms with Gasteiger partial charge in [0.15, 0.2) is 0 Å². The van der Waals surface area contributed by atoms with Crippen molar-refractivity contribution in [3.63, 3.8) is 0 Å². The molecule has 0 saturated carbocycles. The van der Waals surface area contributed by atoms with E-state index < -0.39 is 0 Å². The third kappa shape index (κ3) is 4.05. The Morgan fingerprint density at radius 3 is 2.54 bits per heavy atom. The molecule has 5 heterocycles. The summed E-state index contributed by atoms with van der Waals surface area (Å²) < 4.78 is 7.14. The maximum atomic E-state index is 12.7. The largest absolute Gasteiger partial charge is 0.494 e. The van der Waals surface area contributed by atoms with Gasteiger partial charge in [-0.05, 0) is 24.3 Å². The first kappa shape index (κ1) is 22.4. The van der Waals surface area contributed by atoms with Gasteiger partial charge < -0.3 is 19.4 Å². The van der Waals surface area contributed by atoms with Crippen molar-refractivity contribution in [1.82, 2.24) is 24.4 Å². The molecule has 0 radical (unpaired) electrons. The van der Waals surface area contributed by atoms with Gasteiger partial charge in [-0.2, -0.15) is 10.4 Å². The predicted octanol–water partition coefficient (Wildman–Crippen LogP) is 1.57. The molecule has 5 rings (SSSR count). The van der Waals surface area contributed by atoms with E-state index in [4.69, 9.17) is 4.74 Å². The maximum absolute atomic E-state index is 12.7. The summed E-state index contributed by atoms with van der Waals surface area (Å²) in [4.78, 5) is 34.7. The third-order valence-corrected chi connectivity index (χ3v) is 6.63. The molecule has 0 aromatic carbocycles. The van der Waals surface area contributed by atoms with E-state index in [0.29, 0.717) is 56.1 Å². The van der Waals surface area contributed by atoms with Crippen LogP contribution in [-0.2, 0) is 9.59 Å². The number of carbonyl (C=O) groups excluding carboxylic acids is 2. The summed E-state index contributed by atoms with van der Waals surface area (Å²) in [7, 11) is 1.57. The van der Waals surface area contributed by atoms with Crippen molar-refractivity contribution in [1.29, 1.82) is 5.26 Å². The highest BCUT2D eigenvalue weighted by molar-refractivity contribution is 5.90. The minimum atomic E-state index is -0.122. The first-order valence-electron chi connectivity index (χ1n) is 11.4. The summed E-state index contributed by atoms with van der Waals surface area (Å²) in [6, 6.07) is 7.98. The fourth-order valence-corrected chi connectivity index (χ4v) is 4.58. The van der Waals surface area contributed by atoms with Crippen LogP contribution in [0.5, 0.6) is 5.75 Å². The second-order valence-corrected chi connectivity index (χ2v) is 8.62. The minimum absolute atomic E-state index is 0.114. The molecule has 2 aliphatic heterocycles. The number of methoxy groups -OCH3 is 1. The van der Waals surface area contributed by atoms with Crippen LogP contribution < -0.4 is 9.64 Å². The van der Waals surface area contributed by atoms with Gasteiger partial charge in [-0.15, -0.1) is 0 Å². The zero-order valence-electron chi connectivity index (χ0n) is 19.4. The monoisotopic (exact) mass is 471 g/mol. The Hall–Kier alpha value is -4.39. The zero-order valence-corrected chi connectivity index (χ0v) is 19.4. The molecule has 0 N–H and O–H groups in total. The Morgan fingerprint density at radius 2 is 1.91 bits per heavy atom. The van der Waals surface area contributed by atoms with Crippen molar-refractivity contribution in [3.8, 4) is 22.9 Å². The smallest absolute Gasteiger partial charge is 0.246 e. The van der Waals surface area contributed by atoms with E-state index in [-0.39, 0.29) is 17.7 Å². The number of aromatic nitrogens is 3. The first-order chi connectivity index (χ1) is 17.0. The van der Waals surface area contributed by atoms with Crippen LogP contribution >= 0.6 is 0 Å². The second-order valence-electron chi connectivity index (χ2n) is 8.62. The van der Waals surface area contributed by atoms with Gasteiger partial charge in [0, 0.05) is 62.8 Å². The SMILES string of the molecule is C=CC(=O)N1CC(C(=O)N2CCN(c3ccc(-c4cc(OC)c5c(C#N)cnn5c4)cn3)CC2)C1. The first-order valence-corrected chi connectivity index (χ1v) is 11.4. The molecule has 2 amide bonds. The zero-order chi connectivity index (χ0) is 24.5. The topological polar surface area (TPSA) is 107 Å². The molecule has 0 spiro atoms. The fourth-order valence-electron chi connectivity index (χ4n) is 4.58. The second kappa shape index (κ2) is 9.10. The van der Waals surface area contributed by atoms with Crippen LogP contribution in [0.2, 0.25) is 0 Å².